The van der Waals surface area contributed by atoms with Crippen molar-refractivity contribution in [1.29, 1.82) is 0 Å². The molecule has 0 aliphatic carbocycles. The minimum atomic E-state index is -0.477. The SMILES string of the molecule is O=C1c2c(n(Cc3ccc(F)cc3)c3cc(F)ccc3c2=O)-c2cccn21. The number of nitrogens with zero attached hydrogens (tertiary/aromatic N) is 2. The van der Waals surface area contributed by atoms with Gasteiger partial charge in [-0.05, 0) is 48.0 Å². The average molecular weight is 362 g/mol. The van der Waals surface area contributed by atoms with Crippen LogP contribution in [0.1, 0.15) is 15.9 Å². The average Bonchev–Trinajstić information content (AvgIpc) is 3.23. The molecular weight excluding hydrogens is 350 g/mol. The molecule has 0 saturated carbocycles. The molecule has 1 aliphatic heterocycles. The lowest BCUT2D eigenvalue weighted by molar-refractivity contribution is 0.0968. The maximum absolute atomic E-state index is 14.0. The quantitative estimate of drug-likeness (QED) is 0.479. The molecule has 0 amide bonds. The fraction of sp³-hybridized carbons (Fsp3) is 0.0476. The number of pyridine rings is 1. The highest BCUT2D eigenvalue weighted by Gasteiger charge is 2.32. The zero-order chi connectivity index (χ0) is 18.7. The first-order valence-electron chi connectivity index (χ1n) is 8.37. The molecule has 3 heterocycles. The molecule has 1 aliphatic rings. The molecule has 0 fully saturated rings. The summed E-state index contributed by atoms with van der Waals surface area (Å²) in [6.45, 7) is 0.265. The largest absolute Gasteiger partial charge is 0.334 e. The predicted molar refractivity (Wildman–Crippen MR) is 96.8 cm³/mol. The van der Waals surface area contributed by atoms with Crippen LogP contribution >= 0.6 is 0 Å². The summed E-state index contributed by atoms with van der Waals surface area (Å²) in [6, 6.07) is 13.3. The summed E-state index contributed by atoms with van der Waals surface area (Å²) < 4.78 is 30.4. The minimum Gasteiger partial charge on any atom is -0.334 e. The van der Waals surface area contributed by atoms with E-state index in [0.29, 0.717) is 16.9 Å². The van der Waals surface area contributed by atoms with Gasteiger partial charge in [0.1, 0.15) is 17.2 Å². The van der Waals surface area contributed by atoms with E-state index in [0.717, 1.165) is 5.56 Å². The molecule has 4 nitrogen and oxygen atoms in total. The first-order valence-corrected chi connectivity index (χ1v) is 8.37. The first-order chi connectivity index (χ1) is 13.0. The van der Waals surface area contributed by atoms with E-state index in [2.05, 4.69) is 0 Å². The zero-order valence-corrected chi connectivity index (χ0v) is 13.9. The molecule has 0 saturated heterocycles. The smallest absolute Gasteiger partial charge is 0.268 e. The molecule has 27 heavy (non-hydrogen) atoms. The number of fused-ring (bicyclic) bond motifs is 4. The third kappa shape index (κ3) is 2.19. The summed E-state index contributed by atoms with van der Waals surface area (Å²) >= 11 is 0. The molecule has 5 rings (SSSR count). The van der Waals surface area contributed by atoms with Crippen LogP contribution in [0.4, 0.5) is 8.78 Å². The monoisotopic (exact) mass is 362 g/mol. The highest BCUT2D eigenvalue weighted by Crippen LogP contribution is 2.33. The fourth-order valence-electron chi connectivity index (χ4n) is 3.69. The van der Waals surface area contributed by atoms with Gasteiger partial charge in [-0.1, -0.05) is 12.1 Å². The number of halogens is 2. The van der Waals surface area contributed by atoms with Crippen molar-refractivity contribution in [3.63, 3.8) is 0 Å². The lowest BCUT2D eigenvalue weighted by Crippen LogP contribution is -2.20. The molecule has 0 N–H and O–H groups in total. The van der Waals surface area contributed by atoms with Gasteiger partial charge in [0.15, 0.2) is 0 Å². The first kappa shape index (κ1) is 15.7. The van der Waals surface area contributed by atoms with Crippen LogP contribution < -0.4 is 5.43 Å². The zero-order valence-electron chi connectivity index (χ0n) is 13.9. The Balaban J connectivity index is 1.88. The molecule has 0 unspecified atom stereocenters. The Morgan fingerprint density at radius 3 is 2.41 bits per heavy atom. The molecule has 2 aromatic heterocycles. The van der Waals surface area contributed by atoms with E-state index in [1.807, 2.05) is 0 Å². The van der Waals surface area contributed by atoms with Gasteiger partial charge in [-0.25, -0.2) is 8.78 Å². The number of hydrogen-bond acceptors (Lipinski definition) is 2. The second kappa shape index (κ2) is 5.48. The van der Waals surface area contributed by atoms with E-state index in [4.69, 9.17) is 0 Å². The van der Waals surface area contributed by atoms with E-state index in [-0.39, 0.29) is 23.3 Å². The highest BCUT2D eigenvalue weighted by atomic mass is 19.1. The van der Waals surface area contributed by atoms with Crippen molar-refractivity contribution < 1.29 is 13.6 Å². The molecule has 0 spiro atoms. The second-order valence-corrected chi connectivity index (χ2v) is 6.50. The summed E-state index contributed by atoms with van der Waals surface area (Å²) in [5.41, 5.74) is 1.87. The van der Waals surface area contributed by atoms with E-state index < -0.39 is 17.2 Å². The van der Waals surface area contributed by atoms with Crippen molar-refractivity contribution in [2.24, 2.45) is 0 Å². The summed E-state index contributed by atoms with van der Waals surface area (Å²) in [7, 11) is 0. The van der Waals surface area contributed by atoms with Crippen LogP contribution in [-0.4, -0.2) is 15.0 Å². The van der Waals surface area contributed by atoms with Crippen LogP contribution in [0, 0.1) is 11.6 Å². The topological polar surface area (TPSA) is 44.0 Å². The van der Waals surface area contributed by atoms with E-state index in [9.17, 15) is 18.4 Å². The summed E-state index contributed by atoms with van der Waals surface area (Å²) in [5.74, 6) is -1.23. The van der Waals surface area contributed by atoms with Gasteiger partial charge in [-0.3, -0.25) is 14.2 Å². The van der Waals surface area contributed by atoms with Crippen LogP contribution in [0.5, 0.6) is 0 Å². The molecule has 0 radical (unpaired) electrons. The van der Waals surface area contributed by atoms with Gasteiger partial charge in [-0.2, -0.15) is 0 Å². The second-order valence-electron chi connectivity index (χ2n) is 6.50. The molecular formula is C21H12F2N2O2. The van der Waals surface area contributed by atoms with Crippen molar-refractivity contribution in [2.45, 2.75) is 6.54 Å². The van der Waals surface area contributed by atoms with Crippen LogP contribution in [0.15, 0.2) is 65.6 Å². The van der Waals surface area contributed by atoms with Crippen LogP contribution in [-0.2, 0) is 6.54 Å². The highest BCUT2D eigenvalue weighted by molar-refractivity contribution is 6.10. The molecule has 0 bridgehead atoms. The van der Waals surface area contributed by atoms with Gasteiger partial charge in [0, 0.05) is 18.1 Å². The van der Waals surface area contributed by atoms with E-state index in [1.54, 1.807) is 35.0 Å². The van der Waals surface area contributed by atoms with E-state index >= 15 is 0 Å². The number of rotatable bonds is 2. The van der Waals surface area contributed by atoms with Gasteiger partial charge in [0.25, 0.3) is 5.91 Å². The van der Waals surface area contributed by atoms with Crippen LogP contribution in [0.3, 0.4) is 0 Å². The Bertz CT molecular complexity index is 1300. The summed E-state index contributed by atoms with van der Waals surface area (Å²) in [5, 5.41) is 0.274. The predicted octanol–water partition coefficient (Wildman–Crippen LogP) is 3.80. The van der Waals surface area contributed by atoms with Gasteiger partial charge >= 0.3 is 0 Å². The maximum atomic E-state index is 14.0. The lowest BCUT2D eigenvalue weighted by atomic mass is 10.1. The van der Waals surface area contributed by atoms with Gasteiger partial charge in [0.2, 0.25) is 5.43 Å². The molecule has 2 aromatic carbocycles. The molecule has 4 aromatic rings. The Morgan fingerprint density at radius 1 is 0.889 bits per heavy atom. The van der Waals surface area contributed by atoms with Crippen molar-refractivity contribution in [3.8, 4) is 11.4 Å². The minimum absolute atomic E-state index is 0.0758. The normalized spacial score (nSPS) is 12.4. The van der Waals surface area contributed by atoms with Crippen LogP contribution in [0.2, 0.25) is 0 Å². The summed E-state index contributed by atoms with van der Waals surface area (Å²) in [6.07, 6.45) is 1.60. The lowest BCUT2D eigenvalue weighted by Gasteiger charge is -2.16. The molecule has 0 atom stereocenters. The Morgan fingerprint density at radius 2 is 1.63 bits per heavy atom. The number of benzene rings is 2. The standard InChI is InChI=1S/C21H12F2N2O2/c22-13-5-3-12(4-6-13)11-25-17-10-14(23)7-8-15(17)20(26)18-19(25)16-2-1-9-24(16)21(18)27/h1-10H,11H2. The van der Waals surface area contributed by atoms with Crippen molar-refractivity contribution in [3.05, 3.63) is 93.8 Å². The van der Waals surface area contributed by atoms with Crippen molar-refractivity contribution >= 4 is 16.8 Å². The Hall–Kier alpha value is -3.54. The van der Waals surface area contributed by atoms with Gasteiger partial charge < -0.3 is 4.57 Å². The third-order valence-corrected chi connectivity index (χ3v) is 4.91. The maximum Gasteiger partial charge on any atom is 0.268 e. The third-order valence-electron chi connectivity index (χ3n) is 4.91. The Labute approximate surface area is 151 Å². The number of carbonyl (C=O) groups excluding carboxylic acids is 1. The molecule has 132 valence electrons. The number of aromatic nitrogens is 2. The molecule has 6 heteroatoms. The van der Waals surface area contributed by atoms with Gasteiger partial charge in [-0.15, -0.1) is 0 Å². The fourth-order valence-corrected chi connectivity index (χ4v) is 3.69. The van der Waals surface area contributed by atoms with Crippen LogP contribution in [0.25, 0.3) is 22.3 Å². The number of carbonyl (C=O) groups is 1. The number of hydrogen-bond donors (Lipinski definition) is 0. The van der Waals surface area contributed by atoms with E-state index in [1.165, 1.54) is 34.9 Å². The summed E-state index contributed by atoms with van der Waals surface area (Å²) in [4.78, 5) is 25.7. The Kier molecular flexibility index (Phi) is 3.18. The van der Waals surface area contributed by atoms with Crippen molar-refractivity contribution in [1.82, 2.24) is 9.13 Å². The van der Waals surface area contributed by atoms with Crippen molar-refractivity contribution in [2.75, 3.05) is 0 Å². The van der Waals surface area contributed by atoms with Gasteiger partial charge in [0.05, 0.1) is 16.9 Å².